The molecular weight excluding hydrogens is 971 g/mol. The van der Waals surface area contributed by atoms with Crippen LogP contribution in [0.25, 0.3) is 0 Å². The third-order valence-corrected chi connectivity index (χ3v) is 14.9. The summed E-state index contributed by atoms with van der Waals surface area (Å²) in [5.41, 5.74) is 6.14. The number of hydrogen-bond acceptors (Lipinski definition) is 9. The summed E-state index contributed by atoms with van der Waals surface area (Å²) in [7, 11) is 0. The summed E-state index contributed by atoms with van der Waals surface area (Å²) in [5.74, 6) is -4.09. The third-order valence-electron chi connectivity index (χ3n) is 11.9. The van der Waals surface area contributed by atoms with Crippen LogP contribution in [0.1, 0.15) is 44.2 Å². The number of amides is 5. The molecule has 0 heterocycles. The van der Waals surface area contributed by atoms with Crippen LogP contribution in [0, 0.1) is 0 Å². The smallest absolute Gasteiger partial charge is 0.408 e. The molecule has 74 heavy (non-hydrogen) atoms. The number of carboxylic acids is 1. The number of alkyl carbamates (subject to hydrolysis) is 1. The van der Waals surface area contributed by atoms with Crippen LogP contribution in [0.15, 0.2) is 212 Å². The second-order valence-corrected chi connectivity index (χ2v) is 19.5. The average molecular weight is 1030 g/mol. The summed E-state index contributed by atoms with van der Waals surface area (Å²) in [6, 6.07) is 63.5. The Morgan fingerprint density at radius 2 is 0.878 bits per heavy atom. The molecule has 0 aliphatic carbocycles. The number of rotatable bonds is 25. The molecule has 0 fully saturated rings. The van der Waals surface area contributed by atoms with Crippen LogP contribution in [-0.2, 0) is 46.5 Å². The third kappa shape index (κ3) is 15.4. The predicted molar refractivity (Wildman–Crippen MR) is 290 cm³/mol. The molecule has 0 saturated heterocycles. The van der Waals surface area contributed by atoms with Gasteiger partial charge < -0.3 is 36.4 Å². The lowest BCUT2D eigenvalue weighted by molar-refractivity contribution is -0.138. The second-order valence-electron chi connectivity index (χ2n) is 17.1. The van der Waals surface area contributed by atoms with Gasteiger partial charge in [-0.1, -0.05) is 212 Å². The molecule has 0 bridgehead atoms. The maximum absolute atomic E-state index is 15.1. The van der Waals surface area contributed by atoms with Crippen LogP contribution in [0.2, 0.25) is 0 Å². The number of benzene rings is 7. The predicted octanol–water partition coefficient (Wildman–Crippen LogP) is 8.06. The lowest BCUT2D eigenvalue weighted by Gasteiger charge is -2.36. The first kappa shape index (κ1) is 53.7. The Bertz CT molecular complexity index is 2760. The normalized spacial score (nSPS) is 12.3. The minimum Gasteiger partial charge on any atom is -0.480 e. The van der Waals surface area contributed by atoms with E-state index in [4.69, 9.17) is 4.74 Å². The minimum atomic E-state index is -1.27. The van der Waals surface area contributed by atoms with Crippen molar-refractivity contribution in [2.75, 3.05) is 24.6 Å². The van der Waals surface area contributed by atoms with Gasteiger partial charge in [-0.2, -0.15) is 0 Å². The maximum atomic E-state index is 15.1. The highest BCUT2D eigenvalue weighted by molar-refractivity contribution is 8.00. The van der Waals surface area contributed by atoms with E-state index in [1.165, 1.54) is 23.5 Å². The molecule has 13 nitrogen and oxygen atoms in total. The van der Waals surface area contributed by atoms with E-state index in [1.54, 1.807) is 30.3 Å². The molecule has 0 saturated carbocycles. The molecule has 7 rings (SSSR count). The van der Waals surface area contributed by atoms with Gasteiger partial charge >= 0.3 is 12.1 Å². The molecule has 0 aliphatic rings. The Balaban J connectivity index is 1.19. The summed E-state index contributed by atoms with van der Waals surface area (Å²) < 4.78 is 4.79. The molecule has 15 heteroatoms. The van der Waals surface area contributed by atoms with Crippen molar-refractivity contribution in [2.24, 2.45) is 0 Å². The van der Waals surface area contributed by atoms with Crippen molar-refractivity contribution < 1.29 is 38.6 Å². The molecule has 3 unspecified atom stereocenters. The van der Waals surface area contributed by atoms with Gasteiger partial charge in [0.1, 0.15) is 31.3 Å². The Morgan fingerprint density at radius 3 is 1.36 bits per heavy atom. The minimum absolute atomic E-state index is 0.00174. The number of carbonyl (C=O) groups excluding carboxylic acids is 5. The van der Waals surface area contributed by atoms with Crippen molar-refractivity contribution >= 4 is 59.2 Å². The SMILES string of the molecule is O=C(O)CNC(=O)C(Cc1ccccc1)NC(=O)CNC(=O)C(CSC(c1ccccc1)c1ccccc1)NC(=O)C(CSC(c1ccccc1)(c1ccccc1)c1ccccc1)NC(=O)OCc1ccccc1. The molecule has 0 radical (unpaired) electrons. The first-order valence-electron chi connectivity index (χ1n) is 24.0. The highest BCUT2D eigenvalue weighted by Gasteiger charge is 2.39. The highest BCUT2D eigenvalue weighted by atomic mass is 32.2. The number of hydrogen-bond donors (Lipinski definition) is 6. The number of carbonyl (C=O) groups is 6. The van der Waals surface area contributed by atoms with Gasteiger partial charge in [0.15, 0.2) is 0 Å². The van der Waals surface area contributed by atoms with E-state index in [1.807, 2.05) is 182 Å². The fourth-order valence-corrected chi connectivity index (χ4v) is 11.1. The summed E-state index contributed by atoms with van der Waals surface area (Å²) >= 11 is 2.85. The number of thioether (sulfide) groups is 2. The molecular formula is C59H57N5O8S2. The van der Waals surface area contributed by atoms with E-state index in [0.29, 0.717) is 5.56 Å². The fraction of sp³-hybridized carbons (Fsp3) is 0.186. The first-order valence-corrected chi connectivity index (χ1v) is 26.0. The van der Waals surface area contributed by atoms with E-state index in [2.05, 4.69) is 26.6 Å². The Kier molecular flexibility index (Phi) is 20.0. The zero-order valence-electron chi connectivity index (χ0n) is 40.4. The fourth-order valence-electron chi connectivity index (χ4n) is 8.24. The van der Waals surface area contributed by atoms with Crippen molar-refractivity contribution in [1.29, 1.82) is 0 Å². The van der Waals surface area contributed by atoms with Gasteiger partial charge in [0.25, 0.3) is 0 Å². The summed E-state index contributed by atoms with van der Waals surface area (Å²) in [5, 5.41) is 22.3. The van der Waals surface area contributed by atoms with Gasteiger partial charge in [0, 0.05) is 17.9 Å². The van der Waals surface area contributed by atoms with E-state index < -0.39 is 71.7 Å². The molecule has 6 N–H and O–H groups in total. The van der Waals surface area contributed by atoms with Gasteiger partial charge in [-0.3, -0.25) is 24.0 Å². The lowest BCUT2D eigenvalue weighted by atomic mass is 9.84. The molecule has 0 aliphatic heterocycles. The first-order chi connectivity index (χ1) is 36.1. The number of carboxylic acid groups (broad SMARTS) is 1. The average Bonchev–Trinajstić information content (AvgIpc) is 3.44. The van der Waals surface area contributed by atoms with Crippen LogP contribution < -0.4 is 26.6 Å². The molecule has 7 aromatic carbocycles. The van der Waals surface area contributed by atoms with Gasteiger partial charge in [-0.05, 0) is 38.9 Å². The molecule has 378 valence electrons. The highest BCUT2D eigenvalue weighted by Crippen LogP contribution is 2.48. The van der Waals surface area contributed by atoms with Crippen LogP contribution in [0.3, 0.4) is 0 Å². The Labute approximate surface area is 439 Å². The molecule has 0 spiro atoms. The van der Waals surface area contributed by atoms with Crippen LogP contribution in [0.5, 0.6) is 0 Å². The Morgan fingerprint density at radius 1 is 0.459 bits per heavy atom. The van der Waals surface area contributed by atoms with Crippen molar-refractivity contribution in [3.05, 3.63) is 251 Å². The second kappa shape index (κ2) is 27.6. The van der Waals surface area contributed by atoms with E-state index in [9.17, 15) is 29.1 Å². The van der Waals surface area contributed by atoms with Crippen LogP contribution in [0.4, 0.5) is 4.79 Å². The Hall–Kier alpha value is -8.14. The quantitative estimate of drug-likeness (QED) is 0.0306. The number of ether oxygens (including phenoxy) is 1. The van der Waals surface area contributed by atoms with Crippen LogP contribution >= 0.6 is 23.5 Å². The lowest BCUT2D eigenvalue weighted by Crippen LogP contribution is -2.57. The van der Waals surface area contributed by atoms with Crippen molar-refractivity contribution in [2.45, 2.75) is 41.2 Å². The zero-order valence-corrected chi connectivity index (χ0v) is 42.0. The zero-order chi connectivity index (χ0) is 52.0. The van der Waals surface area contributed by atoms with Gasteiger partial charge in [-0.25, -0.2) is 4.79 Å². The van der Waals surface area contributed by atoms with E-state index in [0.717, 1.165) is 33.4 Å². The summed E-state index contributed by atoms with van der Waals surface area (Å²) in [6.07, 6.45) is -0.806. The molecule has 3 atom stereocenters. The van der Waals surface area contributed by atoms with Crippen molar-refractivity contribution in [1.82, 2.24) is 26.6 Å². The standard InChI is InChI=1S/C59H57N5O8S2/c65-52(62-49(55(68)61-38-53(66)67)36-42-22-8-1-9-23-42)37-60-56(69)50(40-73-54(44-26-12-3-13-27-44)45-28-14-4-15-29-45)63-57(70)51(64-58(71)72-39-43-24-10-2-11-25-43)41-74-59(46-30-16-5-17-31-46,47-32-18-6-19-33-47)48-34-20-7-21-35-48/h1-35,49-51,54H,36-41H2,(H,60,69)(H,61,68)(H,62,65)(H,63,70)(H,64,71)(H,66,67). The van der Waals surface area contributed by atoms with Gasteiger partial charge in [-0.15, -0.1) is 23.5 Å². The topological polar surface area (TPSA) is 192 Å². The molecule has 5 amide bonds. The van der Waals surface area contributed by atoms with Gasteiger partial charge in [0.2, 0.25) is 23.6 Å². The number of nitrogens with one attached hydrogen (secondary N) is 5. The van der Waals surface area contributed by atoms with Crippen LogP contribution in [-0.4, -0.2) is 83.5 Å². The molecule has 7 aromatic rings. The summed E-state index contributed by atoms with van der Waals surface area (Å²) in [6.45, 7) is -1.31. The monoisotopic (exact) mass is 1030 g/mol. The van der Waals surface area contributed by atoms with E-state index in [-0.39, 0.29) is 29.8 Å². The molecule has 0 aromatic heterocycles. The van der Waals surface area contributed by atoms with Gasteiger partial charge in [0.05, 0.1) is 16.5 Å². The van der Waals surface area contributed by atoms with Crippen molar-refractivity contribution in [3.8, 4) is 0 Å². The maximum Gasteiger partial charge on any atom is 0.408 e. The van der Waals surface area contributed by atoms with E-state index >= 15 is 4.79 Å². The largest absolute Gasteiger partial charge is 0.480 e. The van der Waals surface area contributed by atoms with Crippen molar-refractivity contribution in [3.63, 3.8) is 0 Å². The number of aliphatic carboxylic acids is 1. The summed E-state index contributed by atoms with van der Waals surface area (Å²) in [4.78, 5) is 81.5.